The lowest BCUT2D eigenvalue weighted by molar-refractivity contribution is -0.143. The van der Waals surface area contributed by atoms with Gasteiger partial charge in [-0.2, -0.15) is 0 Å². The van der Waals surface area contributed by atoms with Crippen molar-refractivity contribution in [3.63, 3.8) is 0 Å². The van der Waals surface area contributed by atoms with E-state index in [9.17, 15) is 4.79 Å². The van der Waals surface area contributed by atoms with Crippen molar-refractivity contribution in [1.82, 2.24) is 4.90 Å². The Morgan fingerprint density at radius 1 is 1.19 bits per heavy atom. The van der Waals surface area contributed by atoms with E-state index in [1.54, 1.807) is 0 Å². The first-order chi connectivity index (χ1) is 7.57. The lowest BCUT2D eigenvalue weighted by atomic mass is 10.1. The van der Waals surface area contributed by atoms with Gasteiger partial charge in [-0.15, -0.1) is 0 Å². The van der Waals surface area contributed by atoms with Gasteiger partial charge in [0.05, 0.1) is 6.61 Å². The first-order valence-corrected chi connectivity index (χ1v) is 6.43. The van der Waals surface area contributed by atoms with E-state index in [-0.39, 0.29) is 5.97 Å². The molecule has 96 valence electrons. The molecule has 0 saturated carbocycles. The number of rotatable bonds is 9. The predicted octanol–water partition coefficient (Wildman–Crippen LogP) is 2.84. The van der Waals surface area contributed by atoms with Crippen LogP contribution in [0.2, 0.25) is 0 Å². The fourth-order valence-electron chi connectivity index (χ4n) is 1.48. The average Bonchev–Trinajstić information content (AvgIpc) is 2.23. The molecule has 0 radical (unpaired) electrons. The highest BCUT2D eigenvalue weighted by atomic mass is 16.5. The number of ether oxygens (including phenoxy) is 1. The first kappa shape index (κ1) is 15.4. The van der Waals surface area contributed by atoms with E-state index in [0.29, 0.717) is 19.1 Å². The average molecular weight is 229 g/mol. The molecular weight excluding hydrogens is 202 g/mol. The quantitative estimate of drug-likeness (QED) is 0.450. The third-order valence-electron chi connectivity index (χ3n) is 2.83. The lowest BCUT2D eigenvalue weighted by Crippen LogP contribution is -2.27. The molecule has 0 N–H and O–H groups in total. The van der Waals surface area contributed by atoms with Gasteiger partial charge in [0.25, 0.3) is 0 Å². The van der Waals surface area contributed by atoms with Crippen molar-refractivity contribution < 1.29 is 9.53 Å². The fourth-order valence-corrected chi connectivity index (χ4v) is 1.48. The van der Waals surface area contributed by atoms with Crippen LogP contribution in [0.4, 0.5) is 0 Å². The molecule has 3 heteroatoms. The molecule has 0 rings (SSSR count). The summed E-state index contributed by atoms with van der Waals surface area (Å²) in [5.74, 6) is -0.0539. The molecule has 0 aromatic heterocycles. The Morgan fingerprint density at radius 3 is 2.38 bits per heavy atom. The van der Waals surface area contributed by atoms with Crippen LogP contribution in [-0.4, -0.2) is 37.1 Å². The van der Waals surface area contributed by atoms with Gasteiger partial charge in [0.1, 0.15) is 0 Å². The molecule has 0 saturated heterocycles. The van der Waals surface area contributed by atoms with Crippen LogP contribution in [0.15, 0.2) is 0 Å². The zero-order chi connectivity index (χ0) is 12.4. The molecule has 0 bridgehead atoms. The summed E-state index contributed by atoms with van der Waals surface area (Å²) in [6.07, 6.45) is 5.09. The van der Waals surface area contributed by atoms with E-state index >= 15 is 0 Å². The standard InChI is InChI=1S/C13H27NO2/c1-5-16-13(15)10-8-6-7-9-11-14(4)12(2)3/h12H,5-11H2,1-4H3. The Morgan fingerprint density at radius 2 is 1.81 bits per heavy atom. The topological polar surface area (TPSA) is 29.5 Å². The smallest absolute Gasteiger partial charge is 0.305 e. The monoisotopic (exact) mass is 229 g/mol. The molecular formula is C13H27NO2. The Balaban J connectivity index is 3.24. The maximum absolute atomic E-state index is 11.0. The van der Waals surface area contributed by atoms with Crippen LogP contribution in [0.1, 0.15) is 52.9 Å². The summed E-state index contributed by atoms with van der Waals surface area (Å²) in [6, 6.07) is 0.625. The van der Waals surface area contributed by atoms with E-state index in [0.717, 1.165) is 19.4 Å². The number of hydrogen-bond acceptors (Lipinski definition) is 3. The Kier molecular flexibility index (Phi) is 9.30. The van der Waals surface area contributed by atoms with Crippen LogP contribution in [-0.2, 0) is 9.53 Å². The van der Waals surface area contributed by atoms with Crippen molar-refractivity contribution >= 4 is 5.97 Å². The van der Waals surface area contributed by atoms with Gasteiger partial charge in [0.15, 0.2) is 0 Å². The van der Waals surface area contributed by atoms with Crippen molar-refractivity contribution in [2.75, 3.05) is 20.2 Å². The molecule has 0 spiro atoms. The van der Waals surface area contributed by atoms with Gasteiger partial charge in [-0.25, -0.2) is 0 Å². The molecule has 0 aromatic rings. The molecule has 0 aliphatic heterocycles. The van der Waals surface area contributed by atoms with Gasteiger partial charge < -0.3 is 9.64 Å². The Bertz CT molecular complexity index is 181. The molecule has 0 unspecified atom stereocenters. The van der Waals surface area contributed by atoms with Crippen LogP contribution in [0.3, 0.4) is 0 Å². The Hall–Kier alpha value is -0.570. The molecule has 3 nitrogen and oxygen atoms in total. The summed E-state index contributed by atoms with van der Waals surface area (Å²) in [4.78, 5) is 13.4. The normalized spacial score (nSPS) is 11.1. The maximum atomic E-state index is 11.0. The van der Waals surface area contributed by atoms with E-state index in [1.165, 1.54) is 12.8 Å². The summed E-state index contributed by atoms with van der Waals surface area (Å²) < 4.78 is 4.87. The van der Waals surface area contributed by atoms with Gasteiger partial charge >= 0.3 is 5.97 Å². The summed E-state index contributed by atoms with van der Waals surface area (Å²) in [6.45, 7) is 7.91. The highest BCUT2D eigenvalue weighted by Gasteiger charge is 2.03. The largest absolute Gasteiger partial charge is 0.466 e. The van der Waals surface area contributed by atoms with Crippen LogP contribution >= 0.6 is 0 Å². The van der Waals surface area contributed by atoms with Gasteiger partial charge in [0, 0.05) is 12.5 Å². The van der Waals surface area contributed by atoms with Gasteiger partial charge in [-0.1, -0.05) is 12.8 Å². The van der Waals surface area contributed by atoms with Crippen LogP contribution in [0, 0.1) is 0 Å². The van der Waals surface area contributed by atoms with Crippen molar-refractivity contribution in [3.8, 4) is 0 Å². The number of unbranched alkanes of at least 4 members (excludes halogenated alkanes) is 3. The van der Waals surface area contributed by atoms with E-state index in [1.807, 2.05) is 6.92 Å². The molecule has 0 fully saturated rings. The molecule has 16 heavy (non-hydrogen) atoms. The Labute approximate surface area is 100 Å². The number of carbonyl (C=O) groups excluding carboxylic acids is 1. The van der Waals surface area contributed by atoms with Crippen LogP contribution in [0.25, 0.3) is 0 Å². The SMILES string of the molecule is CCOC(=O)CCCCCCN(C)C(C)C. The summed E-state index contributed by atoms with van der Waals surface area (Å²) in [5, 5.41) is 0. The maximum Gasteiger partial charge on any atom is 0.305 e. The van der Waals surface area contributed by atoms with Gasteiger partial charge in [-0.05, 0) is 47.2 Å². The molecule has 0 atom stereocenters. The predicted molar refractivity (Wildman–Crippen MR) is 67.5 cm³/mol. The lowest BCUT2D eigenvalue weighted by Gasteiger charge is -2.20. The van der Waals surface area contributed by atoms with Crippen LogP contribution < -0.4 is 0 Å². The second kappa shape index (κ2) is 9.64. The second-order valence-corrected chi connectivity index (χ2v) is 4.54. The zero-order valence-electron chi connectivity index (χ0n) is 11.3. The molecule has 0 aromatic carbocycles. The summed E-state index contributed by atoms with van der Waals surface area (Å²) in [7, 11) is 2.16. The fraction of sp³-hybridized carbons (Fsp3) is 0.923. The van der Waals surface area contributed by atoms with Gasteiger partial charge in [-0.3, -0.25) is 4.79 Å². The van der Waals surface area contributed by atoms with E-state index in [2.05, 4.69) is 25.8 Å². The second-order valence-electron chi connectivity index (χ2n) is 4.54. The molecule has 0 aliphatic rings. The van der Waals surface area contributed by atoms with Crippen molar-refractivity contribution in [2.24, 2.45) is 0 Å². The van der Waals surface area contributed by atoms with Crippen LogP contribution in [0.5, 0.6) is 0 Å². The molecule has 0 amide bonds. The minimum absolute atomic E-state index is 0.0539. The molecule has 0 aliphatic carbocycles. The third-order valence-corrected chi connectivity index (χ3v) is 2.83. The minimum Gasteiger partial charge on any atom is -0.466 e. The van der Waals surface area contributed by atoms with E-state index in [4.69, 9.17) is 4.74 Å². The third kappa shape index (κ3) is 8.72. The highest BCUT2D eigenvalue weighted by Crippen LogP contribution is 2.05. The van der Waals surface area contributed by atoms with Crippen molar-refractivity contribution in [2.45, 2.75) is 58.9 Å². The number of nitrogens with zero attached hydrogens (tertiary/aromatic N) is 1. The zero-order valence-corrected chi connectivity index (χ0v) is 11.3. The van der Waals surface area contributed by atoms with Gasteiger partial charge in [0.2, 0.25) is 0 Å². The van der Waals surface area contributed by atoms with Crippen molar-refractivity contribution in [3.05, 3.63) is 0 Å². The molecule has 0 heterocycles. The minimum atomic E-state index is -0.0539. The number of hydrogen-bond donors (Lipinski definition) is 0. The first-order valence-electron chi connectivity index (χ1n) is 6.43. The number of carbonyl (C=O) groups is 1. The summed E-state index contributed by atoms with van der Waals surface area (Å²) in [5.41, 5.74) is 0. The van der Waals surface area contributed by atoms with Crippen molar-refractivity contribution in [1.29, 1.82) is 0 Å². The van der Waals surface area contributed by atoms with E-state index < -0.39 is 0 Å². The number of esters is 1. The summed E-state index contributed by atoms with van der Waals surface area (Å²) >= 11 is 0. The highest BCUT2D eigenvalue weighted by molar-refractivity contribution is 5.69.